The minimum Gasteiger partial charge on any atom is -0.480 e. The highest BCUT2D eigenvalue weighted by atomic mass is 16.4. The van der Waals surface area contributed by atoms with E-state index in [4.69, 9.17) is 21.1 Å². The van der Waals surface area contributed by atoms with Crippen LogP contribution >= 0.6 is 0 Å². The minimum absolute atomic E-state index is 0.104. The van der Waals surface area contributed by atoms with Gasteiger partial charge >= 0.3 is 5.97 Å². The molecule has 1 aromatic carbocycles. The predicted molar refractivity (Wildman–Crippen MR) is 96.8 cm³/mol. The molecule has 0 radical (unpaired) electrons. The maximum Gasteiger partial charge on any atom is 0.328 e. The quantitative estimate of drug-likeness (QED) is 0.202. The molecule has 3 atom stereocenters. The zero-order chi connectivity index (χ0) is 21.1. The van der Waals surface area contributed by atoms with Crippen LogP contribution < -0.4 is 21.7 Å². The number of aliphatic carboxylic acids is 1. The van der Waals surface area contributed by atoms with Crippen LogP contribution in [0, 0.1) is 0 Å². The van der Waals surface area contributed by atoms with E-state index in [1.54, 1.807) is 30.3 Å². The van der Waals surface area contributed by atoms with Crippen molar-refractivity contribution >= 4 is 23.7 Å². The number of carboxylic acid groups (broad SMARTS) is 1. The lowest BCUT2D eigenvalue weighted by molar-refractivity contribution is -0.142. The van der Waals surface area contributed by atoms with Crippen molar-refractivity contribution in [2.75, 3.05) is 19.8 Å². The summed E-state index contributed by atoms with van der Waals surface area (Å²) < 4.78 is 0. The third kappa shape index (κ3) is 7.70. The molecule has 11 nitrogen and oxygen atoms in total. The Morgan fingerprint density at radius 3 is 2.11 bits per heavy atom. The molecule has 0 heterocycles. The van der Waals surface area contributed by atoms with Crippen LogP contribution in [0.3, 0.4) is 0 Å². The van der Waals surface area contributed by atoms with Crippen LogP contribution in [0.15, 0.2) is 30.3 Å². The summed E-state index contributed by atoms with van der Waals surface area (Å²) in [4.78, 5) is 46.9. The Morgan fingerprint density at radius 2 is 1.57 bits per heavy atom. The van der Waals surface area contributed by atoms with E-state index in [2.05, 4.69) is 10.6 Å². The maximum atomic E-state index is 12.4. The van der Waals surface area contributed by atoms with Crippen molar-refractivity contribution in [2.45, 2.75) is 24.5 Å². The van der Waals surface area contributed by atoms with E-state index in [9.17, 15) is 19.2 Å². The number of carboxylic acids is 1. The first-order valence-electron chi connectivity index (χ1n) is 8.40. The molecule has 0 aliphatic rings. The van der Waals surface area contributed by atoms with Gasteiger partial charge in [0.25, 0.3) is 0 Å². The van der Waals surface area contributed by atoms with E-state index in [1.807, 2.05) is 5.32 Å². The first-order valence-corrected chi connectivity index (χ1v) is 8.40. The third-order valence-electron chi connectivity index (χ3n) is 3.69. The molecule has 1 rings (SSSR count). The topological polar surface area (TPSA) is 191 Å². The van der Waals surface area contributed by atoms with Gasteiger partial charge in [-0.05, 0) is 5.56 Å². The summed E-state index contributed by atoms with van der Waals surface area (Å²) in [5, 5.41) is 33.4. The monoisotopic (exact) mass is 396 g/mol. The first kappa shape index (κ1) is 23.0. The van der Waals surface area contributed by atoms with Crippen molar-refractivity contribution in [2.24, 2.45) is 5.73 Å². The van der Waals surface area contributed by atoms with E-state index in [-0.39, 0.29) is 6.42 Å². The second-order valence-electron chi connectivity index (χ2n) is 5.90. The molecule has 11 heteroatoms. The van der Waals surface area contributed by atoms with Crippen LogP contribution in [0.5, 0.6) is 0 Å². The second kappa shape index (κ2) is 11.6. The molecule has 3 amide bonds. The summed E-state index contributed by atoms with van der Waals surface area (Å²) in [6.07, 6.45) is 0.104. The summed E-state index contributed by atoms with van der Waals surface area (Å²) in [7, 11) is 0. The Bertz CT molecular complexity index is 683. The van der Waals surface area contributed by atoms with Gasteiger partial charge in [0.05, 0.1) is 19.8 Å². The fourth-order valence-corrected chi connectivity index (χ4v) is 2.14. The Balaban J connectivity index is 2.73. The van der Waals surface area contributed by atoms with Crippen LogP contribution in [-0.2, 0) is 25.6 Å². The van der Waals surface area contributed by atoms with Crippen molar-refractivity contribution in [3.8, 4) is 0 Å². The van der Waals surface area contributed by atoms with Gasteiger partial charge in [0.15, 0.2) is 0 Å². The lowest BCUT2D eigenvalue weighted by Crippen LogP contribution is -2.55. The molecule has 0 aliphatic carbocycles. The highest BCUT2D eigenvalue weighted by molar-refractivity contribution is 5.92. The SMILES string of the molecule is NC(CO)C(=O)NC(Cc1ccccc1)C(=O)NCC(=O)NC(CO)C(=O)O. The molecule has 0 bridgehead atoms. The van der Waals surface area contributed by atoms with E-state index >= 15 is 0 Å². The molecule has 154 valence electrons. The summed E-state index contributed by atoms with van der Waals surface area (Å²) in [5.74, 6) is -3.69. The van der Waals surface area contributed by atoms with E-state index in [1.165, 1.54) is 0 Å². The zero-order valence-corrected chi connectivity index (χ0v) is 15.0. The molecule has 1 aromatic rings. The molecule has 0 aliphatic heterocycles. The molecular formula is C17H24N4O7. The zero-order valence-electron chi connectivity index (χ0n) is 15.0. The molecule has 0 fully saturated rings. The number of nitrogens with two attached hydrogens (primary N) is 1. The molecule has 28 heavy (non-hydrogen) atoms. The molecule has 8 N–H and O–H groups in total. The van der Waals surface area contributed by atoms with Crippen LogP contribution in [0.2, 0.25) is 0 Å². The van der Waals surface area contributed by atoms with Gasteiger partial charge in [0.2, 0.25) is 17.7 Å². The van der Waals surface area contributed by atoms with E-state index in [0.29, 0.717) is 0 Å². The van der Waals surface area contributed by atoms with Crippen LogP contribution in [0.1, 0.15) is 5.56 Å². The van der Waals surface area contributed by atoms with Gasteiger partial charge in [-0.1, -0.05) is 30.3 Å². The highest BCUT2D eigenvalue weighted by Crippen LogP contribution is 2.04. The molecule has 0 saturated heterocycles. The standard InChI is InChI=1S/C17H24N4O7/c18-11(8-22)15(25)21-12(6-10-4-2-1-3-5-10)16(26)19-7-14(24)20-13(9-23)17(27)28/h1-5,11-13,22-23H,6-9,18H2,(H,19,26)(H,20,24)(H,21,25)(H,27,28). The van der Waals surface area contributed by atoms with Crippen molar-refractivity contribution in [3.63, 3.8) is 0 Å². The van der Waals surface area contributed by atoms with Gasteiger partial charge in [-0.3, -0.25) is 14.4 Å². The van der Waals surface area contributed by atoms with Crippen LogP contribution in [-0.4, -0.2) is 76.9 Å². The number of benzene rings is 1. The van der Waals surface area contributed by atoms with Crippen molar-refractivity contribution < 1.29 is 34.5 Å². The second-order valence-corrected chi connectivity index (χ2v) is 5.90. The van der Waals surface area contributed by atoms with Gasteiger partial charge in [0, 0.05) is 6.42 Å². The molecular weight excluding hydrogens is 372 g/mol. The Hall–Kier alpha value is -3.02. The smallest absolute Gasteiger partial charge is 0.328 e. The number of hydrogen-bond acceptors (Lipinski definition) is 7. The highest BCUT2D eigenvalue weighted by Gasteiger charge is 2.25. The van der Waals surface area contributed by atoms with Gasteiger partial charge in [-0.15, -0.1) is 0 Å². The summed E-state index contributed by atoms with van der Waals surface area (Å²) in [6.45, 7) is -1.97. The summed E-state index contributed by atoms with van der Waals surface area (Å²) in [5.41, 5.74) is 6.17. The van der Waals surface area contributed by atoms with Gasteiger partial charge in [-0.2, -0.15) is 0 Å². The number of aliphatic hydroxyl groups is 2. The maximum absolute atomic E-state index is 12.4. The molecule has 0 aromatic heterocycles. The average molecular weight is 396 g/mol. The predicted octanol–water partition coefficient (Wildman–Crippen LogP) is -3.29. The normalized spacial score (nSPS) is 13.7. The first-order chi connectivity index (χ1) is 13.3. The lowest BCUT2D eigenvalue weighted by atomic mass is 10.0. The summed E-state index contributed by atoms with van der Waals surface area (Å²) >= 11 is 0. The molecule has 0 saturated carbocycles. The number of carbonyl (C=O) groups excluding carboxylic acids is 3. The number of rotatable bonds is 11. The average Bonchev–Trinajstić information content (AvgIpc) is 2.69. The summed E-state index contributed by atoms with van der Waals surface area (Å²) in [6, 6.07) is 4.98. The third-order valence-corrected chi connectivity index (χ3v) is 3.69. The Kier molecular flexibility index (Phi) is 9.57. The Labute approximate surface area is 160 Å². The fraction of sp³-hybridized carbons (Fsp3) is 0.412. The van der Waals surface area contributed by atoms with Crippen molar-refractivity contribution in [1.29, 1.82) is 0 Å². The number of amides is 3. The minimum atomic E-state index is -1.49. The number of carbonyl (C=O) groups is 4. The lowest BCUT2D eigenvalue weighted by Gasteiger charge is -2.20. The number of nitrogens with one attached hydrogen (secondary N) is 3. The molecule has 3 unspecified atom stereocenters. The Morgan fingerprint density at radius 1 is 0.929 bits per heavy atom. The molecule has 0 spiro atoms. The van der Waals surface area contributed by atoms with Gasteiger partial charge in [-0.25, -0.2) is 4.79 Å². The fourth-order valence-electron chi connectivity index (χ4n) is 2.14. The van der Waals surface area contributed by atoms with Crippen LogP contribution in [0.25, 0.3) is 0 Å². The largest absolute Gasteiger partial charge is 0.480 e. The number of hydrogen-bond donors (Lipinski definition) is 7. The van der Waals surface area contributed by atoms with Crippen molar-refractivity contribution in [1.82, 2.24) is 16.0 Å². The van der Waals surface area contributed by atoms with Gasteiger partial charge < -0.3 is 37.0 Å². The van der Waals surface area contributed by atoms with Crippen molar-refractivity contribution in [3.05, 3.63) is 35.9 Å². The van der Waals surface area contributed by atoms with Gasteiger partial charge in [0.1, 0.15) is 18.1 Å². The van der Waals surface area contributed by atoms with Crippen LogP contribution in [0.4, 0.5) is 0 Å². The van der Waals surface area contributed by atoms with E-state index < -0.39 is 61.6 Å². The number of aliphatic hydroxyl groups excluding tert-OH is 2. The van der Waals surface area contributed by atoms with E-state index in [0.717, 1.165) is 5.56 Å².